The molecule has 0 aliphatic rings. The molecule has 0 aliphatic heterocycles. The molecule has 0 spiro atoms. The van der Waals surface area contributed by atoms with Crippen LogP contribution in [0.5, 0.6) is 11.5 Å². The number of phenols is 2. The van der Waals surface area contributed by atoms with Gasteiger partial charge in [0.15, 0.2) is 5.82 Å². The number of rotatable bonds is 1. The quantitative estimate of drug-likeness (QED) is 0.668. The van der Waals surface area contributed by atoms with Gasteiger partial charge in [0.2, 0.25) is 0 Å². The zero-order valence-electron chi connectivity index (χ0n) is 7.43. The fourth-order valence-corrected chi connectivity index (χ4v) is 1.10. The summed E-state index contributed by atoms with van der Waals surface area (Å²) in [6.07, 6.45) is 0. The summed E-state index contributed by atoms with van der Waals surface area (Å²) in [6.45, 7) is 1.67. The second kappa shape index (κ2) is 3.02. The highest BCUT2D eigenvalue weighted by atomic mass is 16.5. The molecule has 5 nitrogen and oxygen atoms in total. The fourth-order valence-electron chi connectivity index (χ4n) is 1.10. The molecule has 1 aromatic heterocycles. The third-order valence-corrected chi connectivity index (χ3v) is 1.74. The molecule has 0 amide bonds. The van der Waals surface area contributed by atoms with Crippen LogP contribution >= 0.6 is 0 Å². The maximum absolute atomic E-state index is 9.46. The lowest BCUT2D eigenvalue weighted by Crippen LogP contribution is -1.79. The molecule has 0 saturated carbocycles. The Labute approximate surface area is 79.6 Å². The molecular formula is C9H8N2O3. The van der Waals surface area contributed by atoms with Crippen molar-refractivity contribution >= 4 is 0 Å². The van der Waals surface area contributed by atoms with Crippen molar-refractivity contribution in [2.45, 2.75) is 6.92 Å². The SMILES string of the molecule is Cc1noc(-c2cc(O)ccc2O)n1. The van der Waals surface area contributed by atoms with Crippen LogP contribution in [0.15, 0.2) is 22.7 Å². The zero-order valence-corrected chi connectivity index (χ0v) is 7.43. The highest BCUT2D eigenvalue weighted by molar-refractivity contribution is 5.64. The average Bonchev–Trinajstić information content (AvgIpc) is 2.56. The summed E-state index contributed by atoms with van der Waals surface area (Å²) in [5.74, 6) is 0.693. The molecule has 0 radical (unpaired) electrons. The summed E-state index contributed by atoms with van der Waals surface area (Å²) < 4.78 is 4.85. The molecule has 0 aliphatic carbocycles. The predicted octanol–water partition coefficient (Wildman–Crippen LogP) is 1.46. The van der Waals surface area contributed by atoms with Gasteiger partial charge in [-0.15, -0.1) is 0 Å². The number of hydrogen-bond acceptors (Lipinski definition) is 5. The Morgan fingerprint density at radius 2 is 2.07 bits per heavy atom. The Bertz CT molecular complexity index is 465. The molecule has 0 bridgehead atoms. The van der Waals surface area contributed by atoms with E-state index in [1.165, 1.54) is 18.2 Å². The summed E-state index contributed by atoms with van der Waals surface area (Å²) in [4.78, 5) is 3.93. The van der Waals surface area contributed by atoms with Gasteiger partial charge in [0.05, 0.1) is 5.56 Å². The molecular weight excluding hydrogens is 184 g/mol. The normalized spacial score (nSPS) is 10.4. The molecule has 2 N–H and O–H groups in total. The van der Waals surface area contributed by atoms with Crippen molar-refractivity contribution in [3.8, 4) is 23.0 Å². The van der Waals surface area contributed by atoms with Gasteiger partial charge in [0, 0.05) is 0 Å². The standard InChI is InChI=1S/C9H8N2O3/c1-5-10-9(14-11-5)7-4-6(12)2-3-8(7)13/h2-4,12-13H,1H3. The summed E-state index contributed by atoms with van der Waals surface area (Å²) >= 11 is 0. The molecule has 2 rings (SSSR count). The first-order valence-corrected chi connectivity index (χ1v) is 3.99. The second-order valence-electron chi connectivity index (χ2n) is 2.85. The fraction of sp³-hybridized carbons (Fsp3) is 0.111. The minimum atomic E-state index is -0.00792. The number of aromatic hydroxyl groups is 2. The third kappa shape index (κ3) is 1.39. The van der Waals surface area contributed by atoms with E-state index in [0.29, 0.717) is 11.4 Å². The monoisotopic (exact) mass is 192 g/mol. The second-order valence-corrected chi connectivity index (χ2v) is 2.85. The van der Waals surface area contributed by atoms with Gasteiger partial charge in [-0.1, -0.05) is 5.16 Å². The Kier molecular flexibility index (Phi) is 1.85. The summed E-state index contributed by atoms with van der Waals surface area (Å²) in [6, 6.07) is 4.11. The van der Waals surface area contributed by atoms with E-state index in [4.69, 9.17) is 4.52 Å². The molecule has 72 valence electrons. The molecule has 0 fully saturated rings. The van der Waals surface area contributed by atoms with Crippen LogP contribution in [0, 0.1) is 6.92 Å². The van der Waals surface area contributed by atoms with Crippen LogP contribution in [-0.2, 0) is 0 Å². The van der Waals surface area contributed by atoms with Crippen molar-refractivity contribution in [2.24, 2.45) is 0 Å². The maximum Gasteiger partial charge on any atom is 0.261 e. The van der Waals surface area contributed by atoms with E-state index in [1.54, 1.807) is 6.92 Å². The van der Waals surface area contributed by atoms with Crippen molar-refractivity contribution in [3.63, 3.8) is 0 Å². The van der Waals surface area contributed by atoms with Crippen molar-refractivity contribution in [3.05, 3.63) is 24.0 Å². The van der Waals surface area contributed by atoms with Crippen molar-refractivity contribution in [1.82, 2.24) is 10.1 Å². The van der Waals surface area contributed by atoms with Gasteiger partial charge in [-0.25, -0.2) is 0 Å². The minimum absolute atomic E-state index is 0.00792. The van der Waals surface area contributed by atoms with Gasteiger partial charge in [-0.3, -0.25) is 0 Å². The Morgan fingerprint density at radius 1 is 1.29 bits per heavy atom. The van der Waals surface area contributed by atoms with Gasteiger partial charge in [0.1, 0.15) is 11.5 Å². The maximum atomic E-state index is 9.46. The van der Waals surface area contributed by atoms with E-state index in [2.05, 4.69) is 10.1 Å². The molecule has 5 heteroatoms. The molecule has 0 unspecified atom stereocenters. The van der Waals surface area contributed by atoms with Crippen molar-refractivity contribution < 1.29 is 14.7 Å². The van der Waals surface area contributed by atoms with E-state index in [1.807, 2.05) is 0 Å². The molecule has 0 saturated heterocycles. The lowest BCUT2D eigenvalue weighted by molar-refractivity contribution is 0.418. The van der Waals surface area contributed by atoms with E-state index < -0.39 is 0 Å². The van der Waals surface area contributed by atoms with Crippen LogP contribution in [-0.4, -0.2) is 20.4 Å². The average molecular weight is 192 g/mol. The van der Waals surface area contributed by atoms with E-state index in [9.17, 15) is 10.2 Å². The lowest BCUT2D eigenvalue weighted by atomic mass is 10.2. The van der Waals surface area contributed by atoms with Crippen LogP contribution in [0.1, 0.15) is 5.82 Å². The van der Waals surface area contributed by atoms with Crippen LogP contribution in [0.3, 0.4) is 0 Å². The lowest BCUT2D eigenvalue weighted by Gasteiger charge is -1.98. The minimum Gasteiger partial charge on any atom is -0.508 e. The molecule has 1 heterocycles. The van der Waals surface area contributed by atoms with Crippen LogP contribution < -0.4 is 0 Å². The van der Waals surface area contributed by atoms with Crippen molar-refractivity contribution in [2.75, 3.05) is 0 Å². The third-order valence-electron chi connectivity index (χ3n) is 1.74. The van der Waals surface area contributed by atoms with Crippen LogP contribution in [0.4, 0.5) is 0 Å². The van der Waals surface area contributed by atoms with E-state index >= 15 is 0 Å². The molecule has 1 aromatic carbocycles. The summed E-state index contributed by atoms with van der Waals surface area (Å²) in [7, 11) is 0. The predicted molar refractivity (Wildman–Crippen MR) is 47.8 cm³/mol. The number of aromatic nitrogens is 2. The number of nitrogens with zero attached hydrogens (tertiary/aromatic N) is 2. The van der Waals surface area contributed by atoms with Gasteiger partial charge in [-0.2, -0.15) is 4.98 Å². The molecule has 2 aromatic rings. The van der Waals surface area contributed by atoms with E-state index in [-0.39, 0.29) is 17.4 Å². The van der Waals surface area contributed by atoms with Crippen LogP contribution in [0.2, 0.25) is 0 Å². The van der Waals surface area contributed by atoms with E-state index in [0.717, 1.165) is 0 Å². The smallest absolute Gasteiger partial charge is 0.261 e. The molecule has 0 atom stereocenters. The highest BCUT2D eigenvalue weighted by Crippen LogP contribution is 2.30. The number of benzene rings is 1. The largest absolute Gasteiger partial charge is 0.508 e. The van der Waals surface area contributed by atoms with Gasteiger partial charge in [0.25, 0.3) is 5.89 Å². The first-order valence-electron chi connectivity index (χ1n) is 3.99. The Hall–Kier alpha value is -2.04. The zero-order chi connectivity index (χ0) is 10.1. The van der Waals surface area contributed by atoms with Gasteiger partial charge >= 0.3 is 0 Å². The number of hydrogen-bond donors (Lipinski definition) is 2. The summed E-state index contributed by atoms with van der Waals surface area (Å²) in [5, 5.41) is 22.2. The topological polar surface area (TPSA) is 79.4 Å². The number of phenolic OH excluding ortho intramolecular Hbond substituents is 2. The first-order chi connectivity index (χ1) is 6.66. The Morgan fingerprint density at radius 3 is 2.71 bits per heavy atom. The van der Waals surface area contributed by atoms with Crippen LogP contribution in [0.25, 0.3) is 11.5 Å². The van der Waals surface area contributed by atoms with Crippen molar-refractivity contribution in [1.29, 1.82) is 0 Å². The molecule has 14 heavy (non-hydrogen) atoms. The van der Waals surface area contributed by atoms with Gasteiger partial charge in [-0.05, 0) is 25.1 Å². The van der Waals surface area contributed by atoms with Gasteiger partial charge < -0.3 is 14.7 Å². The Balaban J connectivity index is 2.55. The number of aryl methyl sites for hydroxylation is 1. The first kappa shape index (κ1) is 8.55. The highest BCUT2D eigenvalue weighted by Gasteiger charge is 2.11. The summed E-state index contributed by atoms with van der Waals surface area (Å²) in [5.41, 5.74) is 0.325.